The number of hydrogen-bond donors (Lipinski definition) is 0. The van der Waals surface area contributed by atoms with Crippen LogP contribution in [0.15, 0.2) is 54.6 Å². The number of nitrogens with zero attached hydrogens (tertiary/aromatic N) is 1. The molecule has 1 unspecified atom stereocenters. The predicted octanol–water partition coefficient (Wildman–Crippen LogP) is 3.45. The first kappa shape index (κ1) is 17.7. The number of ether oxygens (including phenoxy) is 1. The fraction of sp³-hybridized carbons (Fsp3) is 0.300. The van der Waals surface area contributed by atoms with E-state index in [9.17, 15) is 9.59 Å². The van der Waals surface area contributed by atoms with Crippen LogP contribution in [0.4, 0.5) is 0 Å². The molecule has 2 rings (SSSR count). The van der Waals surface area contributed by atoms with Gasteiger partial charge in [0.2, 0.25) is 0 Å². The minimum atomic E-state index is -0.383. The first-order valence-corrected chi connectivity index (χ1v) is 7.99. The monoisotopic (exact) mass is 325 g/mol. The second-order valence-corrected chi connectivity index (χ2v) is 5.91. The van der Waals surface area contributed by atoms with Gasteiger partial charge in [-0.25, -0.2) is 0 Å². The molecule has 0 bridgehead atoms. The van der Waals surface area contributed by atoms with Crippen LogP contribution in [0.3, 0.4) is 0 Å². The Kier molecular flexibility index (Phi) is 6.13. The molecular formula is C20H23NO3. The summed E-state index contributed by atoms with van der Waals surface area (Å²) in [5.41, 5.74) is 2.60. The number of hydrogen-bond acceptors (Lipinski definition) is 3. The third kappa shape index (κ3) is 4.44. The van der Waals surface area contributed by atoms with E-state index in [0.29, 0.717) is 18.7 Å². The highest BCUT2D eigenvalue weighted by molar-refractivity contribution is 5.95. The minimum absolute atomic E-state index is 0.0762. The third-order valence-electron chi connectivity index (χ3n) is 3.98. The maximum absolute atomic E-state index is 13.0. The molecule has 1 amide bonds. The van der Waals surface area contributed by atoms with Gasteiger partial charge in [-0.3, -0.25) is 9.59 Å². The summed E-state index contributed by atoms with van der Waals surface area (Å²) in [6, 6.07) is 17.3. The van der Waals surface area contributed by atoms with Crippen molar-refractivity contribution in [1.29, 1.82) is 0 Å². The molecule has 126 valence electrons. The highest BCUT2D eigenvalue weighted by atomic mass is 16.5. The van der Waals surface area contributed by atoms with Gasteiger partial charge in [0.15, 0.2) is 0 Å². The van der Waals surface area contributed by atoms with Crippen LogP contribution in [0, 0.1) is 12.8 Å². The van der Waals surface area contributed by atoms with E-state index in [1.54, 1.807) is 11.8 Å². The van der Waals surface area contributed by atoms with Crippen LogP contribution < -0.4 is 0 Å². The van der Waals surface area contributed by atoms with E-state index in [1.165, 1.54) is 7.11 Å². The normalized spacial score (nSPS) is 11.6. The lowest BCUT2D eigenvalue weighted by molar-refractivity contribution is -0.145. The maximum atomic E-state index is 13.0. The predicted molar refractivity (Wildman–Crippen MR) is 93.5 cm³/mol. The Morgan fingerprint density at radius 2 is 1.67 bits per heavy atom. The molecule has 0 fully saturated rings. The quantitative estimate of drug-likeness (QED) is 0.764. The largest absolute Gasteiger partial charge is 0.469 e. The molecule has 0 saturated heterocycles. The maximum Gasteiger partial charge on any atom is 0.310 e. The fourth-order valence-electron chi connectivity index (χ4n) is 2.61. The highest BCUT2D eigenvalue weighted by Crippen LogP contribution is 2.16. The van der Waals surface area contributed by atoms with E-state index in [0.717, 1.165) is 11.1 Å². The lowest BCUT2D eigenvalue weighted by Gasteiger charge is -2.26. The van der Waals surface area contributed by atoms with Crippen LogP contribution in [0.2, 0.25) is 0 Å². The summed E-state index contributed by atoms with van der Waals surface area (Å²) in [6.45, 7) is 4.46. The Morgan fingerprint density at radius 3 is 2.29 bits per heavy atom. The Bertz CT molecular complexity index is 697. The number of carbonyl (C=O) groups is 2. The second kappa shape index (κ2) is 8.29. The molecule has 0 aliphatic heterocycles. The van der Waals surface area contributed by atoms with Crippen molar-refractivity contribution in [1.82, 2.24) is 4.90 Å². The first-order valence-electron chi connectivity index (χ1n) is 7.99. The summed E-state index contributed by atoms with van der Waals surface area (Å²) >= 11 is 0. The van der Waals surface area contributed by atoms with Crippen molar-refractivity contribution in [3.8, 4) is 0 Å². The lowest BCUT2D eigenvalue weighted by Crippen LogP contribution is -2.37. The van der Waals surface area contributed by atoms with Gasteiger partial charge in [0, 0.05) is 18.7 Å². The molecule has 2 aromatic rings. The van der Waals surface area contributed by atoms with Crippen LogP contribution >= 0.6 is 0 Å². The SMILES string of the molecule is COC(=O)C(C)CN(Cc1ccccc1)C(=O)c1ccccc1C. The molecular weight excluding hydrogens is 302 g/mol. The van der Waals surface area contributed by atoms with Crippen molar-refractivity contribution in [3.05, 3.63) is 71.3 Å². The van der Waals surface area contributed by atoms with Crippen molar-refractivity contribution in [2.75, 3.05) is 13.7 Å². The van der Waals surface area contributed by atoms with Crippen LogP contribution in [-0.4, -0.2) is 30.4 Å². The average molecular weight is 325 g/mol. The Labute approximate surface area is 143 Å². The average Bonchev–Trinajstić information content (AvgIpc) is 2.61. The summed E-state index contributed by atoms with van der Waals surface area (Å²) < 4.78 is 4.80. The van der Waals surface area contributed by atoms with E-state index in [2.05, 4.69) is 0 Å². The lowest BCUT2D eigenvalue weighted by atomic mass is 10.1. The van der Waals surface area contributed by atoms with Crippen molar-refractivity contribution in [2.24, 2.45) is 5.92 Å². The molecule has 1 atom stereocenters. The molecule has 24 heavy (non-hydrogen) atoms. The molecule has 0 spiro atoms. The molecule has 0 aromatic heterocycles. The van der Waals surface area contributed by atoms with Crippen LogP contribution in [0.1, 0.15) is 28.4 Å². The molecule has 0 heterocycles. The van der Waals surface area contributed by atoms with Crippen molar-refractivity contribution in [2.45, 2.75) is 20.4 Å². The smallest absolute Gasteiger partial charge is 0.310 e. The molecule has 0 radical (unpaired) electrons. The molecule has 0 saturated carbocycles. The molecule has 0 aliphatic carbocycles. The number of benzene rings is 2. The molecule has 2 aromatic carbocycles. The number of methoxy groups -OCH3 is 1. The fourth-order valence-corrected chi connectivity index (χ4v) is 2.61. The summed E-state index contributed by atoms with van der Waals surface area (Å²) in [5, 5.41) is 0. The summed E-state index contributed by atoms with van der Waals surface area (Å²) in [6.07, 6.45) is 0. The summed E-state index contributed by atoms with van der Waals surface area (Å²) in [4.78, 5) is 26.5. The zero-order chi connectivity index (χ0) is 17.5. The van der Waals surface area contributed by atoms with Gasteiger partial charge in [0.05, 0.1) is 13.0 Å². The number of amides is 1. The number of esters is 1. The van der Waals surface area contributed by atoms with E-state index in [1.807, 2.05) is 61.5 Å². The van der Waals surface area contributed by atoms with E-state index in [4.69, 9.17) is 4.74 Å². The zero-order valence-corrected chi connectivity index (χ0v) is 14.4. The van der Waals surface area contributed by atoms with Gasteiger partial charge in [-0.1, -0.05) is 55.5 Å². The Morgan fingerprint density at radius 1 is 1.04 bits per heavy atom. The van der Waals surface area contributed by atoms with E-state index < -0.39 is 0 Å². The number of carbonyl (C=O) groups excluding carboxylic acids is 2. The Hall–Kier alpha value is -2.62. The molecule has 4 nitrogen and oxygen atoms in total. The molecule has 4 heteroatoms. The summed E-state index contributed by atoms with van der Waals surface area (Å²) in [5.74, 6) is -0.773. The van der Waals surface area contributed by atoms with E-state index >= 15 is 0 Å². The van der Waals surface area contributed by atoms with Crippen LogP contribution in [0.25, 0.3) is 0 Å². The molecule has 0 aliphatic rings. The van der Waals surface area contributed by atoms with Crippen LogP contribution in [-0.2, 0) is 16.1 Å². The van der Waals surface area contributed by atoms with Gasteiger partial charge in [-0.2, -0.15) is 0 Å². The van der Waals surface area contributed by atoms with Gasteiger partial charge in [-0.15, -0.1) is 0 Å². The minimum Gasteiger partial charge on any atom is -0.469 e. The highest BCUT2D eigenvalue weighted by Gasteiger charge is 2.23. The van der Waals surface area contributed by atoms with Crippen molar-refractivity contribution < 1.29 is 14.3 Å². The van der Waals surface area contributed by atoms with Gasteiger partial charge in [0.25, 0.3) is 5.91 Å². The standard InChI is InChI=1S/C20H23NO3/c1-15-9-7-8-12-18(15)19(22)21(13-16(2)20(23)24-3)14-17-10-5-4-6-11-17/h4-12,16H,13-14H2,1-3H3. The van der Waals surface area contributed by atoms with Crippen molar-refractivity contribution >= 4 is 11.9 Å². The van der Waals surface area contributed by atoms with Gasteiger partial charge in [0.1, 0.15) is 0 Å². The first-order chi connectivity index (χ1) is 11.5. The topological polar surface area (TPSA) is 46.6 Å². The second-order valence-electron chi connectivity index (χ2n) is 5.91. The number of rotatable bonds is 6. The number of aryl methyl sites for hydroxylation is 1. The van der Waals surface area contributed by atoms with Gasteiger partial charge >= 0.3 is 5.97 Å². The van der Waals surface area contributed by atoms with Crippen LogP contribution in [0.5, 0.6) is 0 Å². The molecule has 0 N–H and O–H groups in total. The zero-order valence-electron chi connectivity index (χ0n) is 14.4. The van der Waals surface area contributed by atoms with Gasteiger partial charge in [-0.05, 0) is 24.1 Å². The third-order valence-corrected chi connectivity index (χ3v) is 3.98. The van der Waals surface area contributed by atoms with Gasteiger partial charge < -0.3 is 9.64 Å². The summed E-state index contributed by atoms with van der Waals surface area (Å²) in [7, 11) is 1.36. The van der Waals surface area contributed by atoms with Crippen molar-refractivity contribution in [3.63, 3.8) is 0 Å². The Balaban J connectivity index is 2.26. The van der Waals surface area contributed by atoms with E-state index in [-0.39, 0.29) is 17.8 Å².